The predicted molar refractivity (Wildman–Crippen MR) is 76.4 cm³/mol. The van der Waals surface area contributed by atoms with Crippen molar-refractivity contribution in [3.63, 3.8) is 0 Å². The average molecular weight is 322 g/mol. The van der Waals surface area contributed by atoms with E-state index in [0.29, 0.717) is 16.2 Å². The zero-order chi connectivity index (χ0) is 15.5. The van der Waals surface area contributed by atoms with E-state index in [4.69, 9.17) is 4.74 Å². The van der Waals surface area contributed by atoms with E-state index >= 15 is 0 Å². The van der Waals surface area contributed by atoms with Gasteiger partial charge in [-0.3, -0.25) is 0 Å². The van der Waals surface area contributed by atoms with Crippen molar-refractivity contribution in [2.45, 2.75) is 56.3 Å². The Balaban J connectivity index is 2.30. The van der Waals surface area contributed by atoms with E-state index in [1.165, 1.54) is 6.20 Å². The molecule has 1 aromatic rings. The van der Waals surface area contributed by atoms with Gasteiger partial charge in [0.1, 0.15) is 0 Å². The first-order valence-electron chi connectivity index (χ1n) is 7.18. The summed E-state index contributed by atoms with van der Waals surface area (Å²) in [5.74, 6) is 0. The zero-order valence-electron chi connectivity index (χ0n) is 12.3. The molecule has 1 unspecified atom stereocenters. The lowest BCUT2D eigenvalue weighted by Gasteiger charge is -2.38. The molecule has 0 bridgehead atoms. The van der Waals surface area contributed by atoms with Crippen LogP contribution in [0.25, 0.3) is 0 Å². The molecule has 0 aliphatic heterocycles. The summed E-state index contributed by atoms with van der Waals surface area (Å²) in [5, 5.41) is 2.36. The van der Waals surface area contributed by atoms with Crippen LogP contribution in [0.5, 0.6) is 0 Å². The standard InChI is InChI=1S/C14H21F3N2OS/c1-18-11(10-9-19-12(21-10)14(15,16)17)13(20-2)7-5-3-4-6-8-13/h9,11,18H,3-8H2,1-2H3. The number of halogens is 3. The number of hydrogen-bond acceptors (Lipinski definition) is 4. The van der Waals surface area contributed by atoms with Crippen LogP contribution in [-0.2, 0) is 10.9 Å². The second-order valence-electron chi connectivity index (χ2n) is 5.47. The van der Waals surface area contributed by atoms with Gasteiger partial charge in [0.05, 0.1) is 11.6 Å². The molecule has 1 aliphatic carbocycles. The first kappa shape index (κ1) is 16.7. The highest BCUT2D eigenvalue weighted by Gasteiger charge is 2.42. The molecule has 0 amide bonds. The summed E-state index contributed by atoms with van der Waals surface area (Å²) in [6.45, 7) is 0. The second-order valence-corrected chi connectivity index (χ2v) is 6.53. The van der Waals surface area contributed by atoms with Crippen molar-refractivity contribution in [2.24, 2.45) is 0 Å². The first-order chi connectivity index (χ1) is 9.93. The minimum Gasteiger partial charge on any atom is -0.376 e. The van der Waals surface area contributed by atoms with Crippen LogP contribution < -0.4 is 5.32 Å². The maximum absolute atomic E-state index is 12.7. The van der Waals surface area contributed by atoms with Crippen LogP contribution in [-0.4, -0.2) is 24.7 Å². The molecule has 0 saturated heterocycles. The topological polar surface area (TPSA) is 34.2 Å². The lowest BCUT2D eigenvalue weighted by molar-refractivity contribution is -0.137. The number of hydrogen-bond donors (Lipinski definition) is 1. The van der Waals surface area contributed by atoms with Crippen LogP contribution in [0, 0.1) is 0 Å². The van der Waals surface area contributed by atoms with Crippen molar-refractivity contribution in [1.82, 2.24) is 10.3 Å². The Morgan fingerprint density at radius 1 is 1.29 bits per heavy atom. The molecule has 120 valence electrons. The number of rotatable bonds is 4. The molecule has 2 rings (SSSR count). The molecule has 21 heavy (non-hydrogen) atoms. The molecule has 1 aliphatic rings. The van der Waals surface area contributed by atoms with Gasteiger partial charge in [0.15, 0.2) is 5.01 Å². The van der Waals surface area contributed by atoms with Gasteiger partial charge >= 0.3 is 6.18 Å². The highest BCUT2D eigenvalue weighted by atomic mass is 32.1. The second kappa shape index (κ2) is 6.62. The summed E-state index contributed by atoms with van der Waals surface area (Å²) in [7, 11) is 3.42. The number of aromatic nitrogens is 1. The average Bonchev–Trinajstić information content (AvgIpc) is 2.80. The van der Waals surface area contributed by atoms with E-state index < -0.39 is 16.8 Å². The molecule has 1 fully saturated rings. The van der Waals surface area contributed by atoms with Gasteiger partial charge in [-0.15, -0.1) is 11.3 Å². The van der Waals surface area contributed by atoms with Gasteiger partial charge in [-0.05, 0) is 19.9 Å². The van der Waals surface area contributed by atoms with E-state index in [1.807, 2.05) is 0 Å². The number of methoxy groups -OCH3 is 1. The van der Waals surface area contributed by atoms with Crippen molar-refractivity contribution >= 4 is 11.3 Å². The van der Waals surface area contributed by atoms with Crippen molar-refractivity contribution in [3.05, 3.63) is 16.1 Å². The van der Waals surface area contributed by atoms with Gasteiger partial charge in [0.2, 0.25) is 0 Å². The fourth-order valence-corrected chi connectivity index (χ4v) is 4.15. The Morgan fingerprint density at radius 2 is 1.90 bits per heavy atom. The molecule has 1 aromatic heterocycles. The van der Waals surface area contributed by atoms with Crippen LogP contribution in [0.4, 0.5) is 13.2 Å². The lowest BCUT2D eigenvalue weighted by atomic mass is 9.85. The third kappa shape index (κ3) is 3.57. The number of alkyl halides is 3. The summed E-state index contributed by atoms with van der Waals surface area (Å²) in [4.78, 5) is 4.13. The van der Waals surface area contributed by atoms with Crippen molar-refractivity contribution in [3.8, 4) is 0 Å². The third-order valence-electron chi connectivity index (χ3n) is 4.22. The highest BCUT2D eigenvalue weighted by molar-refractivity contribution is 7.11. The monoisotopic (exact) mass is 322 g/mol. The third-order valence-corrected chi connectivity index (χ3v) is 5.33. The van der Waals surface area contributed by atoms with Crippen LogP contribution in [0.3, 0.4) is 0 Å². The van der Waals surface area contributed by atoms with Gasteiger partial charge in [-0.25, -0.2) is 4.98 Å². The number of nitrogens with one attached hydrogen (secondary N) is 1. The smallest absolute Gasteiger partial charge is 0.376 e. The first-order valence-corrected chi connectivity index (χ1v) is 8.00. The molecule has 0 aromatic carbocycles. The molecular formula is C14H21F3N2OS. The van der Waals surface area contributed by atoms with E-state index in [1.54, 1.807) is 14.2 Å². The Kier molecular flexibility index (Phi) is 5.27. The fraction of sp³-hybridized carbons (Fsp3) is 0.786. The van der Waals surface area contributed by atoms with Gasteiger partial charge in [-0.2, -0.15) is 13.2 Å². The summed E-state index contributed by atoms with van der Waals surface area (Å²) < 4.78 is 44.0. The van der Waals surface area contributed by atoms with Gasteiger partial charge in [0.25, 0.3) is 0 Å². The van der Waals surface area contributed by atoms with E-state index in [-0.39, 0.29) is 6.04 Å². The Bertz CT molecular complexity index is 453. The molecule has 1 saturated carbocycles. The van der Waals surface area contributed by atoms with Gasteiger partial charge < -0.3 is 10.1 Å². The van der Waals surface area contributed by atoms with Crippen LogP contribution >= 0.6 is 11.3 Å². The molecule has 3 nitrogen and oxygen atoms in total. The largest absolute Gasteiger partial charge is 0.443 e. The molecule has 1 N–H and O–H groups in total. The van der Waals surface area contributed by atoms with Gasteiger partial charge in [-0.1, -0.05) is 25.7 Å². The molecule has 7 heteroatoms. The van der Waals surface area contributed by atoms with E-state index in [2.05, 4.69) is 10.3 Å². The molecule has 1 atom stereocenters. The molecule has 0 spiro atoms. The maximum atomic E-state index is 12.7. The molecule has 1 heterocycles. The Morgan fingerprint density at radius 3 is 2.33 bits per heavy atom. The van der Waals surface area contributed by atoms with Crippen molar-refractivity contribution in [2.75, 3.05) is 14.2 Å². The highest BCUT2D eigenvalue weighted by Crippen LogP contribution is 2.43. The molecule has 0 radical (unpaired) electrons. The lowest BCUT2D eigenvalue weighted by Crippen LogP contribution is -2.43. The number of thiazole rings is 1. The predicted octanol–water partition coefficient (Wildman–Crippen LogP) is 4.16. The summed E-state index contributed by atoms with van der Waals surface area (Å²) >= 11 is 0.708. The number of nitrogens with zero attached hydrogens (tertiary/aromatic N) is 1. The zero-order valence-corrected chi connectivity index (χ0v) is 13.1. The maximum Gasteiger partial charge on any atom is 0.443 e. The normalized spacial score (nSPS) is 21.0. The summed E-state index contributed by atoms with van der Waals surface area (Å²) in [5.41, 5.74) is -0.444. The number of ether oxygens (including phenoxy) is 1. The SMILES string of the molecule is CNC(c1cnc(C(F)(F)F)s1)C1(OC)CCCCCC1. The van der Waals surface area contributed by atoms with Crippen molar-refractivity contribution in [1.29, 1.82) is 0 Å². The van der Waals surface area contributed by atoms with Crippen LogP contribution in [0.2, 0.25) is 0 Å². The summed E-state index contributed by atoms with van der Waals surface area (Å²) in [6, 6.07) is -0.255. The van der Waals surface area contributed by atoms with E-state index in [0.717, 1.165) is 38.5 Å². The quantitative estimate of drug-likeness (QED) is 0.845. The Hall–Kier alpha value is -0.660. The Labute approximate surface area is 126 Å². The number of likely N-dealkylation sites (N-methyl/N-ethyl adjacent to an activating group) is 1. The van der Waals surface area contributed by atoms with Crippen molar-refractivity contribution < 1.29 is 17.9 Å². The fourth-order valence-electron chi connectivity index (χ4n) is 3.15. The van der Waals surface area contributed by atoms with Gasteiger partial charge in [0, 0.05) is 18.2 Å². The summed E-state index contributed by atoms with van der Waals surface area (Å²) in [6.07, 6.45) is 3.04. The van der Waals surface area contributed by atoms with Crippen LogP contribution in [0.15, 0.2) is 6.20 Å². The van der Waals surface area contributed by atoms with Crippen LogP contribution in [0.1, 0.15) is 54.5 Å². The minimum absolute atomic E-state index is 0.255. The molecular weight excluding hydrogens is 301 g/mol. The van der Waals surface area contributed by atoms with E-state index in [9.17, 15) is 13.2 Å². The minimum atomic E-state index is -4.38.